The molecule has 4 rings (SSSR count). The van der Waals surface area contributed by atoms with Crippen molar-refractivity contribution in [1.29, 1.82) is 0 Å². The Morgan fingerprint density at radius 3 is 1.83 bits per heavy atom. The Morgan fingerprint density at radius 2 is 1.28 bits per heavy atom. The van der Waals surface area contributed by atoms with Gasteiger partial charge in [0, 0.05) is 12.1 Å². The predicted molar refractivity (Wildman–Crippen MR) is 124 cm³/mol. The van der Waals surface area contributed by atoms with E-state index in [4.69, 9.17) is 4.74 Å². The molecule has 0 fully saturated rings. The number of hydrogen-bond acceptors (Lipinski definition) is 3. The van der Waals surface area contributed by atoms with E-state index in [0.717, 1.165) is 5.75 Å². The maximum Gasteiger partial charge on any atom is 0.119 e. The molecule has 0 aliphatic carbocycles. The first-order valence-corrected chi connectivity index (χ1v) is 10.4. The molecule has 0 saturated heterocycles. The fraction of sp³-hybridized carbons (Fsp3) is 0.308. The van der Waals surface area contributed by atoms with Crippen molar-refractivity contribution < 1.29 is 4.74 Å². The lowest BCUT2D eigenvalue weighted by Crippen LogP contribution is -2.36. The number of aryl methyl sites for hydroxylation is 1. The van der Waals surface area contributed by atoms with Gasteiger partial charge in [0.2, 0.25) is 0 Å². The van der Waals surface area contributed by atoms with E-state index < -0.39 is 0 Å². The molecule has 0 unspecified atom stereocenters. The first kappa shape index (κ1) is 19.4. The van der Waals surface area contributed by atoms with Gasteiger partial charge in [0.1, 0.15) is 5.75 Å². The summed E-state index contributed by atoms with van der Waals surface area (Å²) in [4.78, 5) is 4.92. The quantitative estimate of drug-likeness (QED) is 0.476. The first-order chi connectivity index (χ1) is 13.9. The molecule has 0 spiro atoms. The smallest absolute Gasteiger partial charge is 0.119 e. The lowest BCUT2D eigenvalue weighted by Gasteiger charge is -2.44. The van der Waals surface area contributed by atoms with Gasteiger partial charge in [0.05, 0.1) is 29.9 Å². The van der Waals surface area contributed by atoms with Gasteiger partial charge < -0.3 is 14.5 Å². The summed E-state index contributed by atoms with van der Waals surface area (Å²) in [6, 6.07) is 22.6. The molecule has 3 aromatic carbocycles. The highest BCUT2D eigenvalue weighted by molar-refractivity contribution is 5.95. The van der Waals surface area contributed by atoms with Gasteiger partial charge in [-0.3, -0.25) is 0 Å². The van der Waals surface area contributed by atoms with Gasteiger partial charge in [-0.05, 0) is 87.7 Å². The summed E-state index contributed by atoms with van der Waals surface area (Å²) < 4.78 is 5.39. The van der Waals surface area contributed by atoms with E-state index in [-0.39, 0.29) is 0 Å². The molecule has 0 atom stereocenters. The van der Waals surface area contributed by atoms with Crippen molar-refractivity contribution in [1.82, 2.24) is 0 Å². The summed E-state index contributed by atoms with van der Waals surface area (Å²) in [6.07, 6.45) is 0. The van der Waals surface area contributed by atoms with Crippen LogP contribution >= 0.6 is 0 Å². The van der Waals surface area contributed by atoms with Crippen LogP contribution in [0.1, 0.15) is 33.3 Å². The number of hydrogen-bond donors (Lipinski definition) is 0. The molecule has 3 heteroatoms. The molecular formula is C26H30N2O. The average Bonchev–Trinajstić information content (AvgIpc) is 2.70. The number of methoxy groups -OCH3 is 1. The second kappa shape index (κ2) is 7.47. The SMILES string of the molecule is COc1ccc(-c2ccc3c(c2)N(C(C)C)c2ccccc2N3C(C)C)c(C)c1. The number of nitrogens with zero attached hydrogens (tertiary/aromatic N) is 2. The molecule has 0 bridgehead atoms. The van der Waals surface area contributed by atoms with Crippen LogP contribution in [0.2, 0.25) is 0 Å². The van der Waals surface area contributed by atoms with Crippen LogP contribution in [0.25, 0.3) is 11.1 Å². The molecule has 0 N–H and O–H groups in total. The van der Waals surface area contributed by atoms with Crippen molar-refractivity contribution in [3.8, 4) is 16.9 Å². The van der Waals surface area contributed by atoms with E-state index in [1.165, 1.54) is 39.4 Å². The molecule has 1 heterocycles. The molecule has 1 aliphatic rings. The van der Waals surface area contributed by atoms with Crippen LogP contribution in [0.15, 0.2) is 60.7 Å². The van der Waals surface area contributed by atoms with Crippen molar-refractivity contribution in [3.05, 3.63) is 66.2 Å². The van der Waals surface area contributed by atoms with E-state index in [0.29, 0.717) is 12.1 Å². The Labute approximate surface area is 174 Å². The normalized spacial score (nSPS) is 13.0. The van der Waals surface area contributed by atoms with Crippen molar-refractivity contribution in [2.24, 2.45) is 0 Å². The third-order valence-electron chi connectivity index (χ3n) is 5.67. The number of rotatable bonds is 4. The molecule has 3 nitrogen and oxygen atoms in total. The van der Waals surface area contributed by atoms with Crippen LogP contribution in [0.4, 0.5) is 22.7 Å². The topological polar surface area (TPSA) is 15.7 Å². The zero-order valence-corrected chi connectivity index (χ0v) is 18.2. The second-order valence-electron chi connectivity index (χ2n) is 8.30. The maximum absolute atomic E-state index is 5.39. The Morgan fingerprint density at radius 1 is 0.690 bits per heavy atom. The van der Waals surface area contributed by atoms with Crippen molar-refractivity contribution in [3.63, 3.8) is 0 Å². The molecule has 0 radical (unpaired) electrons. The van der Waals surface area contributed by atoms with Crippen LogP contribution < -0.4 is 14.5 Å². The second-order valence-corrected chi connectivity index (χ2v) is 8.30. The van der Waals surface area contributed by atoms with Gasteiger partial charge in [-0.1, -0.05) is 24.3 Å². The number of anilines is 4. The van der Waals surface area contributed by atoms with Crippen LogP contribution in [-0.2, 0) is 0 Å². The molecule has 0 aromatic heterocycles. The van der Waals surface area contributed by atoms with Crippen molar-refractivity contribution in [2.45, 2.75) is 46.7 Å². The molecule has 1 aliphatic heterocycles. The zero-order chi connectivity index (χ0) is 20.7. The minimum absolute atomic E-state index is 0.358. The van der Waals surface area contributed by atoms with Crippen molar-refractivity contribution in [2.75, 3.05) is 16.9 Å². The van der Waals surface area contributed by atoms with E-state index >= 15 is 0 Å². The van der Waals surface area contributed by atoms with Crippen LogP contribution in [0.5, 0.6) is 5.75 Å². The van der Waals surface area contributed by atoms with Gasteiger partial charge in [-0.25, -0.2) is 0 Å². The monoisotopic (exact) mass is 386 g/mol. The molecule has 150 valence electrons. The molecule has 3 aromatic rings. The van der Waals surface area contributed by atoms with E-state index in [9.17, 15) is 0 Å². The summed E-state index contributed by atoms with van der Waals surface area (Å²) in [5.41, 5.74) is 8.77. The molecule has 0 saturated carbocycles. The lowest BCUT2D eigenvalue weighted by molar-refractivity contribution is 0.414. The highest BCUT2D eigenvalue weighted by Crippen LogP contribution is 2.50. The van der Waals surface area contributed by atoms with Gasteiger partial charge >= 0.3 is 0 Å². The van der Waals surface area contributed by atoms with Gasteiger partial charge in [-0.2, -0.15) is 0 Å². The van der Waals surface area contributed by atoms with Crippen LogP contribution in [0, 0.1) is 6.92 Å². The summed E-state index contributed by atoms with van der Waals surface area (Å²) >= 11 is 0. The van der Waals surface area contributed by atoms with E-state index in [1.807, 2.05) is 6.07 Å². The standard InChI is InChI=1S/C26H30N2O/c1-17(2)27-23-9-7-8-10-24(23)28(18(3)4)26-16-20(11-14-25(26)27)22-13-12-21(29-6)15-19(22)5/h7-18H,1-6H3. The van der Waals surface area contributed by atoms with Gasteiger partial charge in [-0.15, -0.1) is 0 Å². The summed E-state index contributed by atoms with van der Waals surface area (Å²) in [5, 5.41) is 0. The average molecular weight is 387 g/mol. The largest absolute Gasteiger partial charge is 0.497 e. The van der Waals surface area contributed by atoms with Crippen LogP contribution in [0.3, 0.4) is 0 Å². The third kappa shape index (κ3) is 3.25. The molecular weight excluding hydrogens is 356 g/mol. The Bertz CT molecular complexity index is 1040. The summed E-state index contributed by atoms with van der Waals surface area (Å²) in [5.74, 6) is 0.896. The third-order valence-corrected chi connectivity index (χ3v) is 5.67. The van der Waals surface area contributed by atoms with Crippen LogP contribution in [-0.4, -0.2) is 19.2 Å². The predicted octanol–water partition coefficient (Wildman–Crippen LogP) is 7.08. The van der Waals surface area contributed by atoms with Crippen molar-refractivity contribution >= 4 is 22.7 Å². The zero-order valence-electron chi connectivity index (χ0n) is 18.2. The van der Waals surface area contributed by atoms with E-state index in [2.05, 4.69) is 99.0 Å². The fourth-order valence-corrected chi connectivity index (χ4v) is 4.42. The number of para-hydroxylation sites is 2. The number of ether oxygens (including phenoxy) is 1. The Balaban J connectivity index is 1.91. The molecule has 0 amide bonds. The van der Waals surface area contributed by atoms with E-state index in [1.54, 1.807) is 7.11 Å². The fourth-order valence-electron chi connectivity index (χ4n) is 4.42. The summed E-state index contributed by atoms with van der Waals surface area (Å²) in [7, 11) is 1.71. The Kier molecular flexibility index (Phi) is 4.99. The van der Waals surface area contributed by atoms with Gasteiger partial charge in [0.15, 0.2) is 0 Å². The lowest BCUT2D eigenvalue weighted by atomic mass is 9.96. The Hall–Kier alpha value is -2.94. The molecule has 29 heavy (non-hydrogen) atoms. The highest BCUT2D eigenvalue weighted by atomic mass is 16.5. The summed E-state index contributed by atoms with van der Waals surface area (Å²) in [6.45, 7) is 11.2. The first-order valence-electron chi connectivity index (χ1n) is 10.4. The minimum atomic E-state index is 0.358. The maximum atomic E-state index is 5.39. The van der Waals surface area contributed by atoms with Gasteiger partial charge in [0.25, 0.3) is 0 Å². The highest BCUT2D eigenvalue weighted by Gasteiger charge is 2.31. The minimum Gasteiger partial charge on any atom is -0.497 e. The number of fused-ring (bicyclic) bond motifs is 2. The number of benzene rings is 3.